The van der Waals surface area contributed by atoms with Crippen LogP contribution in [0.4, 0.5) is 0 Å². The van der Waals surface area contributed by atoms with Crippen LogP contribution >= 0.6 is 0 Å². The zero-order valence-electron chi connectivity index (χ0n) is 12.3. The van der Waals surface area contributed by atoms with Crippen LogP contribution < -0.4 is 5.73 Å². The molecule has 0 fully saturated rings. The van der Waals surface area contributed by atoms with Crippen molar-refractivity contribution in [1.82, 2.24) is 4.90 Å². The van der Waals surface area contributed by atoms with Crippen molar-refractivity contribution in [3.63, 3.8) is 0 Å². The SMILES string of the molecule is CCCCN(CCCC)C(N)=NCc1ccccc1. The van der Waals surface area contributed by atoms with Gasteiger partial charge in [0.15, 0.2) is 5.96 Å². The second-order valence-corrected chi connectivity index (χ2v) is 4.85. The molecular weight excluding hydrogens is 234 g/mol. The zero-order valence-corrected chi connectivity index (χ0v) is 12.3. The average Bonchev–Trinajstić information content (AvgIpc) is 2.46. The van der Waals surface area contributed by atoms with Crippen molar-refractivity contribution in [2.75, 3.05) is 13.1 Å². The van der Waals surface area contributed by atoms with Crippen molar-refractivity contribution in [2.24, 2.45) is 10.7 Å². The lowest BCUT2D eigenvalue weighted by atomic mass is 10.2. The number of aliphatic imine (C=N–C) groups is 1. The third-order valence-electron chi connectivity index (χ3n) is 3.15. The normalized spacial score (nSPS) is 11.6. The molecule has 0 amide bonds. The van der Waals surface area contributed by atoms with Crippen LogP contribution in [0.15, 0.2) is 35.3 Å². The molecule has 0 unspecified atom stereocenters. The first-order chi connectivity index (χ1) is 9.27. The van der Waals surface area contributed by atoms with E-state index in [2.05, 4.69) is 35.9 Å². The van der Waals surface area contributed by atoms with Crippen LogP contribution in [0.1, 0.15) is 45.1 Å². The van der Waals surface area contributed by atoms with Crippen LogP contribution in [0.3, 0.4) is 0 Å². The van der Waals surface area contributed by atoms with Crippen molar-refractivity contribution in [1.29, 1.82) is 0 Å². The Hall–Kier alpha value is -1.51. The lowest BCUT2D eigenvalue weighted by Crippen LogP contribution is -2.38. The first-order valence-corrected chi connectivity index (χ1v) is 7.36. The van der Waals surface area contributed by atoms with E-state index in [0.717, 1.165) is 13.1 Å². The molecular formula is C16H27N3. The summed E-state index contributed by atoms with van der Waals surface area (Å²) in [6.45, 7) is 7.10. The highest BCUT2D eigenvalue weighted by Crippen LogP contribution is 2.03. The van der Waals surface area contributed by atoms with Crippen LogP contribution in [0.2, 0.25) is 0 Å². The molecule has 0 aliphatic heterocycles. The van der Waals surface area contributed by atoms with Gasteiger partial charge in [0, 0.05) is 13.1 Å². The Bertz CT molecular complexity index is 352. The number of nitrogens with zero attached hydrogens (tertiary/aromatic N) is 2. The lowest BCUT2D eigenvalue weighted by Gasteiger charge is -2.23. The second kappa shape index (κ2) is 9.42. The van der Waals surface area contributed by atoms with Gasteiger partial charge in [0.05, 0.1) is 6.54 Å². The molecule has 3 heteroatoms. The van der Waals surface area contributed by atoms with Crippen LogP contribution in [-0.4, -0.2) is 23.9 Å². The summed E-state index contributed by atoms with van der Waals surface area (Å²) < 4.78 is 0. The zero-order chi connectivity index (χ0) is 13.9. The predicted molar refractivity (Wildman–Crippen MR) is 83.2 cm³/mol. The van der Waals surface area contributed by atoms with E-state index in [1.54, 1.807) is 0 Å². The topological polar surface area (TPSA) is 41.6 Å². The molecule has 19 heavy (non-hydrogen) atoms. The number of unbranched alkanes of at least 4 members (excludes halogenated alkanes) is 2. The fraction of sp³-hybridized carbons (Fsp3) is 0.562. The molecule has 0 saturated carbocycles. The van der Waals surface area contributed by atoms with E-state index in [0.29, 0.717) is 12.5 Å². The van der Waals surface area contributed by atoms with E-state index in [-0.39, 0.29) is 0 Å². The van der Waals surface area contributed by atoms with Gasteiger partial charge in [0.25, 0.3) is 0 Å². The summed E-state index contributed by atoms with van der Waals surface area (Å²) in [6.07, 6.45) is 4.72. The number of guanidine groups is 1. The van der Waals surface area contributed by atoms with Gasteiger partial charge in [-0.25, -0.2) is 4.99 Å². The summed E-state index contributed by atoms with van der Waals surface area (Å²) in [6, 6.07) is 10.3. The molecule has 0 bridgehead atoms. The molecule has 3 nitrogen and oxygen atoms in total. The van der Waals surface area contributed by atoms with Crippen molar-refractivity contribution in [3.8, 4) is 0 Å². The first kappa shape index (κ1) is 15.5. The largest absolute Gasteiger partial charge is 0.370 e. The molecule has 0 aromatic heterocycles. The molecule has 0 atom stereocenters. The smallest absolute Gasteiger partial charge is 0.191 e. The van der Waals surface area contributed by atoms with E-state index in [1.807, 2.05) is 18.2 Å². The van der Waals surface area contributed by atoms with Gasteiger partial charge in [-0.2, -0.15) is 0 Å². The molecule has 0 aliphatic rings. The van der Waals surface area contributed by atoms with Gasteiger partial charge in [-0.05, 0) is 18.4 Å². The Balaban J connectivity index is 2.55. The van der Waals surface area contributed by atoms with Gasteiger partial charge < -0.3 is 10.6 Å². The van der Waals surface area contributed by atoms with Crippen LogP contribution in [0, 0.1) is 0 Å². The van der Waals surface area contributed by atoms with E-state index in [1.165, 1.54) is 31.2 Å². The fourth-order valence-electron chi connectivity index (χ4n) is 1.89. The van der Waals surface area contributed by atoms with E-state index in [4.69, 9.17) is 5.73 Å². The highest BCUT2D eigenvalue weighted by molar-refractivity contribution is 5.78. The molecule has 2 N–H and O–H groups in total. The third-order valence-corrected chi connectivity index (χ3v) is 3.15. The maximum Gasteiger partial charge on any atom is 0.191 e. The van der Waals surface area contributed by atoms with Crippen molar-refractivity contribution >= 4 is 5.96 Å². The number of hydrogen-bond acceptors (Lipinski definition) is 1. The van der Waals surface area contributed by atoms with Gasteiger partial charge in [-0.1, -0.05) is 57.0 Å². The minimum absolute atomic E-state index is 0.668. The Labute approximate surface area is 117 Å². The monoisotopic (exact) mass is 261 g/mol. The van der Waals surface area contributed by atoms with Crippen LogP contribution in [-0.2, 0) is 6.54 Å². The summed E-state index contributed by atoms with van der Waals surface area (Å²) in [5, 5.41) is 0. The third kappa shape index (κ3) is 6.27. The van der Waals surface area contributed by atoms with Crippen molar-refractivity contribution in [2.45, 2.75) is 46.1 Å². The maximum atomic E-state index is 6.12. The molecule has 0 saturated heterocycles. The molecule has 1 aromatic rings. The van der Waals surface area contributed by atoms with Gasteiger partial charge >= 0.3 is 0 Å². The number of hydrogen-bond donors (Lipinski definition) is 1. The van der Waals surface area contributed by atoms with Crippen molar-refractivity contribution < 1.29 is 0 Å². The van der Waals surface area contributed by atoms with E-state index < -0.39 is 0 Å². The quantitative estimate of drug-likeness (QED) is 0.575. The Morgan fingerprint density at radius 3 is 2.16 bits per heavy atom. The lowest BCUT2D eigenvalue weighted by molar-refractivity contribution is 0.393. The van der Waals surface area contributed by atoms with Crippen LogP contribution in [0.5, 0.6) is 0 Å². The minimum Gasteiger partial charge on any atom is -0.370 e. The molecule has 1 aromatic carbocycles. The summed E-state index contributed by atoms with van der Waals surface area (Å²) in [4.78, 5) is 6.74. The molecule has 106 valence electrons. The average molecular weight is 261 g/mol. The Morgan fingerprint density at radius 1 is 1.05 bits per heavy atom. The molecule has 0 radical (unpaired) electrons. The highest BCUT2D eigenvalue weighted by Gasteiger charge is 2.06. The number of rotatable bonds is 8. The summed E-state index contributed by atoms with van der Waals surface area (Å²) in [5.74, 6) is 0.686. The standard InChI is InChI=1S/C16H27N3/c1-3-5-12-19(13-6-4-2)16(17)18-14-15-10-8-7-9-11-15/h7-11H,3-6,12-14H2,1-2H3,(H2,17,18). The molecule has 0 spiro atoms. The Morgan fingerprint density at radius 2 is 1.63 bits per heavy atom. The van der Waals surface area contributed by atoms with Gasteiger partial charge in [0.1, 0.15) is 0 Å². The fourth-order valence-corrected chi connectivity index (χ4v) is 1.89. The predicted octanol–water partition coefficient (Wildman–Crippen LogP) is 3.40. The molecule has 1 rings (SSSR count). The first-order valence-electron chi connectivity index (χ1n) is 7.36. The van der Waals surface area contributed by atoms with Gasteiger partial charge in [0.2, 0.25) is 0 Å². The van der Waals surface area contributed by atoms with E-state index in [9.17, 15) is 0 Å². The van der Waals surface area contributed by atoms with E-state index >= 15 is 0 Å². The maximum absolute atomic E-state index is 6.12. The summed E-state index contributed by atoms with van der Waals surface area (Å²) in [7, 11) is 0. The molecule has 0 heterocycles. The highest BCUT2D eigenvalue weighted by atomic mass is 15.2. The van der Waals surface area contributed by atoms with Crippen LogP contribution in [0.25, 0.3) is 0 Å². The number of benzene rings is 1. The molecule has 0 aliphatic carbocycles. The van der Waals surface area contributed by atoms with Gasteiger partial charge in [-0.3, -0.25) is 0 Å². The summed E-state index contributed by atoms with van der Waals surface area (Å²) >= 11 is 0. The second-order valence-electron chi connectivity index (χ2n) is 4.85. The van der Waals surface area contributed by atoms with Crippen molar-refractivity contribution in [3.05, 3.63) is 35.9 Å². The Kier molecular flexibility index (Phi) is 7.71. The van der Waals surface area contributed by atoms with Gasteiger partial charge in [-0.15, -0.1) is 0 Å². The number of nitrogens with two attached hydrogens (primary N) is 1. The summed E-state index contributed by atoms with van der Waals surface area (Å²) in [5.41, 5.74) is 7.33. The minimum atomic E-state index is 0.668.